The first kappa shape index (κ1) is 19.6. The van der Waals surface area contributed by atoms with Crippen molar-refractivity contribution < 1.29 is 18.0 Å². The number of anilines is 1. The molecule has 3 aromatic rings. The van der Waals surface area contributed by atoms with E-state index in [0.29, 0.717) is 5.69 Å². The fourth-order valence-electron chi connectivity index (χ4n) is 3.08. The van der Waals surface area contributed by atoms with Crippen LogP contribution in [0.15, 0.2) is 47.3 Å². The number of nitrogens with zero attached hydrogens (tertiary/aromatic N) is 2. The highest BCUT2D eigenvalue weighted by molar-refractivity contribution is 5.95. The second-order valence-corrected chi connectivity index (χ2v) is 6.55. The van der Waals surface area contributed by atoms with Crippen LogP contribution in [0, 0.1) is 13.8 Å². The van der Waals surface area contributed by atoms with Crippen molar-refractivity contribution in [2.24, 2.45) is 0 Å². The number of aryl methyl sites for hydroxylation is 2. The summed E-state index contributed by atoms with van der Waals surface area (Å²) in [6, 6.07) is 10.2. The molecule has 1 heterocycles. The van der Waals surface area contributed by atoms with Crippen LogP contribution < -0.4 is 10.9 Å². The van der Waals surface area contributed by atoms with Crippen molar-refractivity contribution in [3.8, 4) is 0 Å². The van der Waals surface area contributed by atoms with E-state index < -0.39 is 29.4 Å². The van der Waals surface area contributed by atoms with Crippen molar-refractivity contribution >= 4 is 22.6 Å². The molecular formula is C20H18F3N3O2. The minimum Gasteiger partial charge on any atom is -0.324 e. The minimum atomic E-state index is -4.92. The summed E-state index contributed by atoms with van der Waals surface area (Å²) in [7, 11) is 0. The van der Waals surface area contributed by atoms with Crippen LogP contribution in [0.25, 0.3) is 11.0 Å². The average molecular weight is 389 g/mol. The first-order valence-corrected chi connectivity index (χ1v) is 8.57. The third-order valence-corrected chi connectivity index (χ3v) is 4.56. The Bertz CT molecular complexity index is 1100. The number of fused-ring (bicyclic) bond motifs is 1. The van der Waals surface area contributed by atoms with E-state index in [0.717, 1.165) is 15.7 Å². The number of rotatable bonds is 3. The van der Waals surface area contributed by atoms with Gasteiger partial charge in [0.25, 0.3) is 5.56 Å². The lowest BCUT2D eigenvalue weighted by Gasteiger charge is -2.20. The monoisotopic (exact) mass is 389 g/mol. The molecule has 3 rings (SSSR count). The van der Waals surface area contributed by atoms with Gasteiger partial charge >= 0.3 is 6.18 Å². The fraction of sp³-hybridized carbons (Fsp3) is 0.250. The van der Waals surface area contributed by atoms with Crippen molar-refractivity contribution in [2.75, 3.05) is 5.32 Å². The number of nitrogens with one attached hydrogen (secondary N) is 1. The molecule has 0 aliphatic heterocycles. The summed E-state index contributed by atoms with van der Waals surface area (Å²) in [5.74, 6) is -0.594. The number of aromatic nitrogens is 2. The lowest BCUT2D eigenvalue weighted by molar-refractivity contribution is -0.142. The molecular weight excluding hydrogens is 371 g/mol. The zero-order chi connectivity index (χ0) is 20.6. The Labute approximate surface area is 158 Å². The van der Waals surface area contributed by atoms with E-state index >= 15 is 0 Å². The van der Waals surface area contributed by atoms with Crippen LogP contribution in [0.4, 0.5) is 18.9 Å². The van der Waals surface area contributed by atoms with E-state index in [1.807, 2.05) is 32.0 Å². The Kier molecular flexibility index (Phi) is 4.97. The third-order valence-electron chi connectivity index (χ3n) is 4.56. The van der Waals surface area contributed by atoms with Crippen molar-refractivity contribution in [1.82, 2.24) is 9.55 Å². The molecule has 1 atom stereocenters. The van der Waals surface area contributed by atoms with Gasteiger partial charge < -0.3 is 5.32 Å². The van der Waals surface area contributed by atoms with Crippen molar-refractivity contribution in [3.05, 3.63) is 69.6 Å². The molecule has 8 heteroatoms. The van der Waals surface area contributed by atoms with Gasteiger partial charge in [-0.3, -0.25) is 14.2 Å². The van der Waals surface area contributed by atoms with E-state index in [4.69, 9.17) is 0 Å². The maximum atomic E-state index is 13.3. The molecule has 0 spiro atoms. The summed E-state index contributed by atoms with van der Waals surface area (Å²) >= 11 is 0. The Hall–Kier alpha value is -3.16. The van der Waals surface area contributed by atoms with E-state index in [1.165, 1.54) is 25.1 Å². The molecule has 1 amide bonds. The SMILES string of the molecule is Cc1cccc(C)c1NC(=O)[C@@H](C)n1c(=O)c(C(F)(F)F)nc2ccccc21. The van der Waals surface area contributed by atoms with Gasteiger partial charge in [-0.15, -0.1) is 0 Å². The predicted molar refractivity (Wildman–Crippen MR) is 100 cm³/mol. The highest BCUT2D eigenvalue weighted by atomic mass is 19.4. The van der Waals surface area contributed by atoms with E-state index in [-0.39, 0.29) is 11.0 Å². The summed E-state index contributed by atoms with van der Waals surface area (Å²) in [6.07, 6.45) is -4.92. The zero-order valence-corrected chi connectivity index (χ0v) is 15.5. The van der Waals surface area contributed by atoms with Gasteiger partial charge in [0, 0.05) is 5.69 Å². The number of carbonyl (C=O) groups is 1. The first-order chi connectivity index (χ1) is 13.1. The van der Waals surface area contributed by atoms with Crippen molar-refractivity contribution in [3.63, 3.8) is 0 Å². The van der Waals surface area contributed by atoms with E-state index in [2.05, 4.69) is 10.3 Å². The lowest BCUT2D eigenvalue weighted by atomic mass is 10.1. The number of alkyl halides is 3. The van der Waals surface area contributed by atoms with Gasteiger partial charge in [0.15, 0.2) is 0 Å². The smallest absolute Gasteiger partial charge is 0.324 e. The number of amides is 1. The Morgan fingerprint density at radius 2 is 1.68 bits per heavy atom. The molecule has 0 aliphatic rings. The van der Waals surface area contributed by atoms with Gasteiger partial charge in [0.2, 0.25) is 11.6 Å². The summed E-state index contributed by atoms with van der Waals surface area (Å²) in [4.78, 5) is 28.8. The second-order valence-electron chi connectivity index (χ2n) is 6.55. The van der Waals surface area contributed by atoms with Crippen LogP contribution in [-0.4, -0.2) is 15.5 Å². The Balaban J connectivity index is 2.13. The molecule has 0 unspecified atom stereocenters. The van der Waals surface area contributed by atoms with Gasteiger partial charge in [0.1, 0.15) is 6.04 Å². The predicted octanol–water partition coefficient (Wildman–Crippen LogP) is 4.23. The van der Waals surface area contributed by atoms with Crippen LogP contribution in [-0.2, 0) is 11.0 Å². The molecule has 0 aliphatic carbocycles. The van der Waals surface area contributed by atoms with Crippen LogP contribution in [0.1, 0.15) is 29.8 Å². The van der Waals surface area contributed by atoms with Gasteiger partial charge in [-0.1, -0.05) is 30.3 Å². The molecule has 146 valence electrons. The van der Waals surface area contributed by atoms with Gasteiger partial charge in [-0.25, -0.2) is 4.98 Å². The van der Waals surface area contributed by atoms with E-state index in [9.17, 15) is 22.8 Å². The summed E-state index contributed by atoms with van der Waals surface area (Å²) < 4.78 is 40.7. The normalized spacial score (nSPS) is 12.8. The van der Waals surface area contributed by atoms with Gasteiger partial charge in [-0.05, 0) is 44.0 Å². The lowest BCUT2D eigenvalue weighted by Crippen LogP contribution is -2.36. The quantitative estimate of drug-likeness (QED) is 0.729. The van der Waals surface area contributed by atoms with Crippen LogP contribution >= 0.6 is 0 Å². The molecule has 1 N–H and O–H groups in total. The van der Waals surface area contributed by atoms with E-state index in [1.54, 1.807) is 6.07 Å². The number of hydrogen-bond donors (Lipinski definition) is 1. The number of halogens is 3. The van der Waals surface area contributed by atoms with Gasteiger partial charge in [-0.2, -0.15) is 13.2 Å². The topological polar surface area (TPSA) is 64.0 Å². The molecule has 28 heavy (non-hydrogen) atoms. The third kappa shape index (κ3) is 3.49. The number of carbonyl (C=O) groups excluding carboxylic acids is 1. The average Bonchev–Trinajstić information content (AvgIpc) is 2.62. The molecule has 0 saturated carbocycles. The van der Waals surface area contributed by atoms with Crippen LogP contribution in [0.3, 0.4) is 0 Å². The standard InChI is InChI=1S/C20H18F3N3O2/c1-11-7-6-8-12(2)16(11)25-18(27)13(3)26-15-10-5-4-9-14(15)24-17(19(26)28)20(21,22)23/h4-10,13H,1-3H3,(H,25,27)/t13-/m1/s1. The maximum absolute atomic E-state index is 13.3. The number of hydrogen-bond acceptors (Lipinski definition) is 3. The highest BCUT2D eigenvalue weighted by Gasteiger charge is 2.38. The number of para-hydroxylation sites is 3. The molecule has 0 fully saturated rings. The largest absolute Gasteiger partial charge is 0.438 e. The summed E-state index contributed by atoms with van der Waals surface area (Å²) in [5, 5.41) is 2.73. The number of benzene rings is 2. The molecule has 0 radical (unpaired) electrons. The molecule has 0 bridgehead atoms. The van der Waals surface area contributed by atoms with Gasteiger partial charge in [0.05, 0.1) is 11.0 Å². The second kappa shape index (κ2) is 7.10. The minimum absolute atomic E-state index is 0.0128. The Morgan fingerprint density at radius 3 is 2.29 bits per heavy atom. The molecule has 0 saturated heterocycles. The maximum Gasteiger partial charge on any atom is 0.438 e. The fourth-order valence-corrected chi connectivity index (χ4v) is 3.08. The van der Waals surface area contributed by atoms with Crippen LogP contribution in [0.2, 0.25) is 0 Å². The van der Waals surface area contributed by atoms with Crippen molar-refractivity contribution in [2.45, 2.75) is 33.0 Å². The Morgan fingerprint density at radius 1 is 1.07 bits per heavy atom. The first-order valence-electron chi connectivity index (χ1n) is 8.57. The van der Waals surface area contributed by atoms with Crippen LogP contribution in [0.5, 0.6) is 0 Å². The summed E-state index contributed by atoms with van der Waals surface area (Å²) in [5.41, 5.74) is -0.562. The molecule has 2 aromatic carbocycles. The zero-order valence-electron chi connectivity index (χ0n) is 15.5. The highest BCUT2D eigenvalue weighted by Crippen LogP contribution is 2.28. The summed E-state index contributed by atoms with van der Waals surface area (Å²) in [6.45, 7) is 5.00. The molecule has 5 nitrogen and oxygen atoms in total. The molecule has 1 aromatic heterocycles. The van der Waals surface area contributed by atoms with Crippen molar-refractivity contribution in [1.29, 1.82) is 0 Å².